The average Bonchev–Trinajstić information content (AvgIpc) is 2.82. The Bertz CT molecular complexity index is 1410. The molecule has 0 atom stereocenters. The van der Waals surface area contributed by atoms with Gasteiger partial charge >= 0.3 is 11.7 Å². The monoisotopic (exact) mass is 443 g/mol. The van der Waals surface area contributed by atoms with E-state index in [0.717, 1.165) is 40.6 Å². The summed E-state index contributed by atoms with van der Waals surface area (Å²) in [5.74, 6) is -0.0134. The van der Waals surface area contributed by atoms with Crippen molar-refractivity contribution in [3.05, 3.63) is 105 Å². The third-order valence-electron chi connectivity index (χ3n) is 6.09. The molecule has 3 aromatic carbocycles. The summed E-state index contributed by atoms with van der Waals surface area (Å²) < 4.78 is 24.4. The van der Waals surface area contributed by atoms with E-state index in [1.54, 1.807) is 35.2 Å². The maximum absolute atomic E-state index is 13.2. The van der Waals surface area contributed by atoms with E-state index in [1.807, 2.05) is 31.2 Å². The van der Waals surface area contributed by atoms with Gasteiger partial charge in [0.15, 0.2) is 0 Å². The fourth-order valence-electron chi connectivity index (χ4n) is 4.33. The lowest BCUT2D eigenvalue weighted by Crippen LogP contribution is -2.37. The van der Waals surface area contributed by atoms with Crippen LogP contribution in [0.5, 0.6) is 5.75 Å². The van der Waals surface area contributed by atoms with Crippen LogP contribution in [0.2, 0.25) is 0 Å². The van der Waals surface area contributed by atoms with Gasteiger partial charge in [0, 0.05) is 30.0 Å². The van der Waals surface area contributed by atoms with Gasteiger partial charge < -0.3 is 9.15 Å². The molecule has 5 rings (SSSR count). The lowest BCUT2D eigenvalue weighted by atomic mass is 9.99. The Labute approximate surface area is 190 Å². The summed E-state index contributed by atoms with van der Waals surface area (Å²) in [5, 5.41) is 0.759. The number of nitrogens with zero attached hydrogens (tertiary/aromatic N) is 1. The standard InChI is InChI=1S/C27H22FNO4/c1-17-22-13-12-21(32-27(31)29-14-4-6-19-5-2-3-7-24(19)29)16-25(22)33-26(30)23(17)15-18-8-10-20(28)11-9-18/h2-3,5,7-13,16H,4,6,14-15H2,1H3. The van der Waals surface area contributed by atoms with E-state index in [9.17, 15) is 14.0 Å². The SMILES string of the molecule is Cc1c(Cc2ccc(F)cc2)c(=O)oc2cc(OC(=O)N3CCCc4ccccc43)ccc12. The predicted molar refractivity (Wildman–Crippen MR) is 125 cm³/mol. The van der Waals surface area contributed by atoms with Gasteiger partial charge in [-0.05, 0) is 66.8 Å². The van der Waals surface area contributed by atoms with Crippen LogP contribution in [0, 0.1) is 12.7 Å². The van der Waals surface area contributed by atoms with E-state index in [4.69, 9.17) is 9.15 Å². The summed E-state index contributed by atoms with van der Waals surface area (Å²) in [4.78, 5) is 27.2. The van der Waals surface area contributed by atoms with Crippen molar-refractivity contribution in [1.29, 1.82) is 0 Å². The normalized spacial score (nSPS) is 13.1. The first-order chi connectivity index (χ1) is 16.0. The molecule has 0 spiro atoms. The number of anilines is 1. The third-order valence-corrected chi connectivity index (χ3v) is 6.09. The summed E-state index contributed by atoms with van der Waals surface area (Å²) in [6.45, 7) is 2.44. The van der Waals surface area contributed by atoms with Gasteiger partial charge in [0.2, 0.25) is 0 Å². The first-order valence-corrected chi connectivity index (χ1v) is 10.9. The molecule has 4 aromatic rings. The van der Waals surface area contributed by atoms with Gasteiger partial charge in [-0.1, -0.05) is 30.3 Å². The number of hydrogen-bond donors (Lipinski definition) is 0. The molecule has 1 aromatic heterocycles. The molecule has 0 saturated heterocycles. The molecule has 0 radical (unpaired) electrons. The molecule has 5 nitrogen and oxygen atoms in total. The average molecular weight is 443 g/mol. The van der Waals surface area contributed by atoms with Gasteiger partial charge in [0.25, 0.3) is 0 Å². The Balaban J connectivity index is 1.42. The van der Waals surface area contributed by atoms with E-state index in [-0.39, 0.29) is 5.82 Å². The molecular weight excluding hydrogens is 421 g/mol. The number of carbonyl (C=O) groups is 1. The lowest BCUT2D eigenvalue weighted by Gasteiger charge is -2.28. The van der Waals surface area contributed by atoms with Gasteiger partial charge in [0.1, 0.15) is 17.1 Å². The van der Waals surface area contributed by atoms with Crippen LogP contribution in [0.15, 0.2) is 75.9 Å². The van der Waals surface area contributed by atoms with Crippen LogP contribution in [0.4, 0.5) is 14.9 Å². The quantitative estimate of drug-likeness (QED) is 0.377. The minimum atomic E-state index is -0.464. The fraction of sp³-hybridized carbons (Fsp3) is 0.185. The molecule has 166 valence electrons. The van der Waals surface area contributed by atoms with Crippen molar-refractivity contribution in [2.75, 3.05) is 11.4 Å². The number of aryl methyl sites for hydroxylation is 2. The van der Waals surface area contributed by atoms with E-state index in [2.05, 4.69) is 0 Å². The zero-order chi connectivity index (χ0) is 22.9. The highest BCUT2D eigenvalue weighted by Crippen LogP contribution is 2.29. The Morgan fingerprint density at radius 2 is 1.88 bits per heavy atom. The van der Waals surface area contributed by atoms with Crippen molar-refractivity contribution in [3.63, 3.8) is 0 Å². The smallest absolute Gasteiger partial charge is 0.419 e. The number of hydrogen-bond acceptors (Lipinski definition) is 4. The molecular formula is C27H22FNO4. The zero-order valence-electron chi connectivity index (χ0n) is 18.1. The van der Waals surface area contributed by atoms with Crippen molar-refractivity contribution in [1.82, 2.24) is 0 Å². The second-order valence-electron chi connectivity index (χ2n) is 8.21. The number of amides is 1. The summed E-state index contributed by atoms with van der Waals surface area (Å²) in [6.07, 6.45) is 1.68. The number of halogens is 1. The fourth-order valence-corrected chi connectivity index (χ4v) is 4.33. The number of para-hydroxylation sites is 1. The van der Waals surface area contributed by atoms with Gasteiger partial charge in [-0.15, -0.1) is 0 Å². The largest absolute Gasteiger partial charge is 0.422 e. The van der Waals surface area contributed by atoms with E-state index >= 15 is 0 Å². The lowest BCUT2D eigenvalue weighted by molar-refractivity contribution is 0.207. The Kier molecular flexibility index (Phi) is 5.42. The van der Waals surface area contributed by atoms with Gasteiger partial charge in [-0.3, -0.25) is 4.90 Å². The maximum Gasteiger partial charge on any atom is 0.419 e. The maximum atomic E-state index is 13.2. The highest BCUT2D eigenvalue weighted by Gasteiger charge is 2.24. The summed E-state index contributed by atoms with van der Waals surface area (Å²) in [5.41, 5.74) is 4.00. The third kappa shape index (κ3) is 4.12. The topological polar surface area (TPSA) is 59.8 Å². The van der Waals surface area contributed by atoms with E-state index < -0.39 is 11.7 Å². The molecule has 1 amide bonds. The molecule has 0 fully saturated rings. The van der Waals surface area contributed by atoms with Gasteiger partial charge in [-0.25, -0.2) is 14.0 Å². The van der Waals surface area contributed by atoms with Crippen LogP contribution in [-0.2, 0) is 12.8 Å². The van der Waals surface area contributed by atoms with Gasteiger partial charge in [-0.2, -0.15) is 0 Å². The van der Waals surface area contributed by atoms with Crippen molar-refractivity contribution >= 4 is 22.7 Å². The molecule has 1 aliphatic heterocycles. The molecule has 2 heterocycles. The Morgan fingerprint density at radius 1 is 1.09 bits per heavy atom. The molecule has 0 unspecified atom stereocenters. The van der Waals surface area contributed by atoms with Crippen LogP contribution < -0.4 is 15.3 Å². The minimum absolute atomic E-state index is 0.310. The van der Waals surface area contributed by atoms with Crippen LogP contribution >= 0.6 is 0 Å². The number of ether oxygens (including phenoxy) is 1. The van der Waals surface area contributed by atoms with E-state index in [0.29, 0.717) is 29.9 Å². The first-order valence-electron chi connectivity index (χ1n) is 10.9. The Morgan fingerprint density at radius 3 is 2.70 bits per heavy atom. The summed E-state index contributed by atoms with van der Waals surface area (Å²) in [7, 11) is 0. The van der Waals surface area contributed by atoms with Crippen LogP contribution in [0.25, 0.3) is 11.0 Å². The molecule has 0 saturated carbocycles. The second-order valence-corrected chi connectivity index (χ2v) is 8.21. The summed E-state index contributed by atoms with van der Waals surface area (Å²) in [6, 6.07) is 18.9. The molecule has 0 bridgehead atoms. The predicted octanol–water partition coefficient (Wildman–Crippen LogP) is 5.78. The van der Waals surface area contributed by atoms with Crippen LogP contribution in [0.3, 0.4) is 0 Å². The molecule has 0 N–H and O–H groups in total. The van der Waals surface area contributed by atoms with E-state index in [1.165, 1.54) is 12.1 Å². The number of carbonyl (C=O) groups excluding carboxylic acids is 1. The van der Waals surface area contributed by atoms with Gasteiger partial charge in [0.05, 0.1) is 5.69 Å². The zero-order valence-corrected chi connectivity index (χ0v) is 18.1. The van der Waals surface area contributed by atoms with Crippen molar-refractivity contribution in [3.8, 4) is 5.75 Å². The minimum Gasteiger partial charge on any atom is -0.422 e. The number of fused-ring (bicyclic) bond motifs is 2. The van der Waals surface area contributed by atoms with Crippen molar-refractivity contribution < 1.29 is 18.3 Å². The van der Waals surface area contributed by atoms with Crippen molar-refractivity contribution in [2.24, 2.45) is 0 Å². The summed E-state index contributed by atoms with van der Waals surface area (Å²) >= 11 is 0. The first kappa shape index (κ1) is 20.9. The number of rotatable bonds is 3. The second kappa shape index (κ2) is 8.54. The molecule has 0 aliphatic carbocycles. The molecule has 6 heteroatoms. The Hall–Kier alpha value is -3.93. The highest BCUT2D eigenvalue weighted by molar-refractivity contribution is 5.91. The molecule has 1 aliphatic rings. The van der Waals surface area contributed by atoms with Crippen LogP contribution in [-0.4, -0.2) is 12.6 Å². The highest BCUT2D eigenvalue weighted by atomic mass is 19.1. The number of benzene rings is 3. The van der Waals surface area contributed by atoms with Crippen molar-refractivity contribution in [2.45, 2.75) is 26.2 Å². The molecule has 33 heavy (non-hydrogen) atoms. The van der Waals surface area contributed by atoms with Crippen LogP contribution in [0.1, 0.15) is 28.7 Å².